The van der Waals surface area contributed by atoms with E-state index in [1.807, 2.05) is 29.6 Å². The van der Waals surface area contributed by atoms with Crippen LogP contribution in [0.15, 0.2) is 35.7 Å². The van der Waals surface area contributed by atoms with E-state index in [4.69, 9.17) is 0 Å². The predicted octanol–water partition coefficient (Wildman–Crippen LogP) is 4.69. The van der Waals surface area contributed by atoms with E-state index < -0.39 is 0 Å². The van der Waals surface area contributed by atoms with E-state index >= 15 is 0 Å². The van der Waals surface area contributed by atoms with Gasteiger partial charge in [0.25, 0.3) is 0 Å². The number of thiophene rings is 1. The zero-order valence-corrected chi connectivity index (χ0v) is 12.8. The fraction of sp³-hybridized carbons (Fsp3) is 0.412. The van der Waals surface area contributed by atoms with Crippen molar-refractivity contribution >= 4 is 11.3 Å². The van der Waals surface area contributed by atoms with Crippen LogP contribution in [-0.4, -0.2) is 6.54 Å². The van der Waals surface area contributed by atoms with Crippen LogP contribution in [0, 0.1) is 17.2 Å². The van der Waals surface area contributed by atoms with Gasteiger partial charge in [-0.1, -0.05) is 26.0 Å². The van der Waals surface area contributed by atoms with Crippen LogP contribution in [0.1, 0.15) is 25.8 Å². The first-order valence-corrected chi connectivity index (χ1v) is 7.97. The van der Waals surface area contributed by atoms with Crippen LogP contribution in [0.4, 0.5) is 4.39 Å². The van der Waals surface area contributed by atoms with Gasteiger partial charge in [0.05, 0.1) is 0 Å². The molecule has 1 nitrogen and oxygen atoms in total. The normalized spacial score (nSPS) is 20.1. The Hall–Kier alpha value is -1.19. The van der Waals surface area contributed by atoms with E-state index in [1.54, 1.807) is 17.4 Å². The van der Waals surface area contributed by atoms with Gasteiger partial charge in [-0.05, 0) is 53.4 Å². The largest absolute Gasteiger partial charge is 0.312 e. The van der Waals surface area contributed by atoms with Gasteiger partial charge < -0.3 is 5.32 Å². The quantitative estimate of drug-likeness (QED) is 0.842. The molecule has 0 bridgehead atoms. The van der Waals surface area contributed by atoms with Crippen LogP contribution in [0.2, 0.25) is 0 Å². The molecule has 1 fully saturated rings. The minimum absolute atomic E-state index is 0.139. The topological polar surface area (TPSA) is 12.0 Å². The molecule has 0 aliphatic heterocycles. The summed E-state index contributed by atoms with van der Waals surface area (Å²) in [7, 11) is 0. The van der Waals surface area contributed by atoms with Crippen LogP contribution in [0.3, 0.4) is 0 Å². The maximum absolute atomic E-state index is 13.9. The van der Waals surface area contributed by atoms with Crippen molar-refractivity contribution in [2.24, 2.45) is 11.3 Å². The summed E-state index contributed by atoms with van der Waals surface area (Å²) < 4.78 is 13.9. The fourth-order valence-electron chi connectivity index (χ4n) is 2.62. The predicted molar refractivity (Wildman–Crippen MR) is 83.3 cm³/mol. The van der Waals surface area contributed by atoms with Gasteiger partial charge in [-0.25, -0.2) is 4.39 Å². The van der Waals surface area contributed by atoms with Crippen molar-refractivity contribution in [2.45, 2.75) is 26.8 Å². The molecule has 1 aromatic carbocycles. The highest BCUT2D eigenvalue weighted by molar-refractivity contribution is 7.13. The Bertz CT molecular complexity index is 589. The molecular formula is C17H20FNS. The van der Waals surface area contributed by atoms with E-state index in [2.05, 4.69) is 19.2 Å². The lowest BCUT2D eigenvalue weighted by atomic mass is 10.1. The number of rotatable bonds is 5. The first-order valence-electron chi connectivity index (χ1n) is 7.09. The van der Waals surface area contributed by atoms with Gasteiger partial charge in [0.2, 0.25) is 0 Å². The SMILES string of the molecule is CC1(C)CC1CNCc1ccc(F)c(-c2cccs2)c1. The molecule has 3 heteroatoms. The van der Waals surface area contributed by atoms with Gasteiger partial charge in [-0.3, -0.25) is 0 Å². The van der Waals surface area contributed by atoms with Gasteiger partial charge in [-0.2, -0.15) is 0 Å². The molecule has 0 radical (unpaired) electrons. The van der Waals surface area contributed by atoms with Gasteiger partial charge in [0.15, 0.2) is 0 Å². The molecule has 2 aromatic rings. The molecule has 1 heterocycles. The second kappa shape index (κ2) is 5.30. The Kier molecular flexibility index (Phi) is 3.65. The minimum Gasteiger partial charge on any atom is -0.312 e. The van der Waals surface area contributed by atoms with Crippen LogP contribution in [0.25, 0.3) is 10.4 Å². The Balaban J connectivity index is 1.64. The average Bonchev–Trinajstić information content (AvgIpc) is 2.82. The van der Waals surface area contributed by atoms with Crippen LogP contribution >= 0.6 is 11.3 Å². The first kappa shape index (κ1) is 13.8. The van der Waals surface area contributed by atoms with Gasteiger partial charge in [0.1, 0.15) is 5.82 Å². The van der Waals surface area contributed by atoms with E-state index in [0.717, 1.165) is 29.4 Å². The highest BCUT2D eigenvalue weighted by Gasteiger charge is 2.44. The summed E-state index contributed by atoms with van der Waals surface area (Å²) in [5, 5.41) is 5.47. The second-order valence-corrected chi connectivity index (χ2v) is 7.26. The fourth-order valence-corrected chi connectivity index (χ4v) is 3.36. The summed E-state index contributed by atoms with van der Waals surface area (Å²) in [6.07, 6.45) is 1.31. The van der Waals surface area contributed by atoms with E-state index in [0.29, 0.717) is 11.0 Å². The molecular weight excluding hydrogens is 269 g/mol. The van der Waals surface area contributed by atoms with Crippen molar-refractivity contribution in [2.75, 3.05) is 6.54 Å². The first-order chi connectivity index (χ1) is 9.56. The molecule has 1 atom stereocenters. The van der Waals surface area contributed by atoms with Crippen molar-refractivity contribution < 1.29 is 4.39 Å². The number of nitrogens with one attached hydrogen (secondary N) is 1. The van der Waals surface area contributed by atoms with E-state index in [9.17, 15) is 4.39 Å². The Morgan fingerprint density at radius 3 is 2.80 bits per heavy atom. The lowest BCUT2D eigenvalue weighted by Gasteiger charge is -2.08. The molecule has 0 amide bonds. The van der Waals surface area contributed by atoms with Crippen LogP contribution in [0.5, 0.6) is 0 Å². The summed E-state index contributed by atoms with van der Waals surface area (Å²) in [5.41, 5.74) is 2.37. The second-order valence-electron chi connectivity index (χ2n) is 6.31. The molecule has 1 aliphatic carbocycles. The third-order valence-electron chi connectivity index (χ3n) is 4.25. The van der Waals surface area contributed by atoms with Crippen LogP contribution < -0.4 is 5.32 Å². The lowest BCUT2D eigenvalue weighted by Crippen LogP contribution is -2.18. The molecule has 0 spiro atoms. The van der Waals surface area contributed by atoms with E-state index in [-0.39, 0.29) is 5.82 Å². The summed E-state index contributed by atoms with van der Waals surface area (Å²) in [4.78, 5) is 0.993. The van der Waals surface area contributed by atoms with E-state index in [1.165, 1.54) is 6.42 Å². The van der Waals surface area contributed by atoms with Crippen molar-refractivity contribution in [1.82, 2.24) is 5.32 Å². The Morgan fingerprint density at radius 1 is 1.35 bits per heavy atom. The molecule has 1 saturated carbocycles. The summed E-state index contributed by atoms with van der Waals surface area (Å²) in [5.74, 6) is 0.652. The number of benzene rings is 1. The molecule has 0 saturated heterocycles. The number of hydrogen-bond acceptors (Lipinski definition) is 2. The molecule has 1 unspecified atom stereocenters. The third kappa shape index (κ3) is 2.94. The number of halogens is 1. The molecule has 1 aliphatic rings. The minimum atomic E-state index is -0.139. The van der Waals surface area contributed by atoms with Crippen molar-refractivity contribution in [3.05, 3.63) is 47.1 Å². The Labute approximate surface area is 123 Å². The van der Waals surface area contributed by atoms with Gasteiger partial charge in [0, 0.05) is 17.0 Å². The highest BCUT2D eigenvalue weighted by Crippen LogP contribution is 2.50. The highest BCUT2D eigenvalue weighted by atomic mass is 32.1. The van der Waals surface area contributed by atoms with Crippen LogP contribution in [-0.2, 0) is 6.54 Å². The summed E-state index contributed by atoms with van der Waals surface area (Å²) in [6, 6.07) is 9.34. The number of hydrogen-bond donors (Lipinski definition) is 1. The maximum atomic E-state index is 13.9. The summed E-state index contributed by atoms with van der Waals surface area (Å²) in [6.45, 7) is 6.49. The Morgan fingerprint density at radius 2 is 2.15 bits per heavy atom. The third-order valence-corrected chi connectivity index (χ3v) is 5.16. The average molecular weight is 289 g/mol. The smallest absolute Gasteiger partial charge is 0.131 e. The van der Waals surface area contributed by atoms with Crippen molar-refractivity contribution in [3.63, 3.8) is 0 Å². The monoisotopic (exact) mass is 289 g/mol. The molecule has 1 N–H and O–H groups in total. The van der Waals surface area contributed by atoms with Gasteiger partial charge >= 0.3 is 0 Å². The summed E-state index contributed by atoms with van der Waals surface area (Å²) >= 11 is 1.58. The van der Waals surface area contributed by atoms with Gasteiger partial charge in [-0.15, -0.1) is 11.3 Å². The van der Waals surface area contributed by atoms with Crippen molar-refractivity contribution in [3.8, 4) is 10.4 Å². The van der Waals surface area contributed by atoms with Crippen molar-refractivity contribution in [1.29, 1.82) is 0 Å². The molecule has 20 heavy (non-hydrogen) atoms. The zero-order valence-electron chi connectivity index (χ0n) is 11.9. The standard InChI is InChI=1S/C17H20FNS/c1-17(2)9-13(17)11-19-10-12-5-6-15(18)14(8-12)16-4-3-7-20-16/h3-8,13,19H,9-11H2,1-2H3. The maximum Gasteiger partial charge on any atom is 0.131 e. The lowest BCUT2D eigenvalue weighted by molar-refractivity contribution is 0.519. The molecule has 3 rings (SSSR count). The molecule has 106 valence electrons. The zero-order chi connectivity index (χ0) is 14.2. The molecule has 1 aromatic heterocycles.